The van der Waals surface area contributed by atoms with Gasteiger partial charge in [0.1, 0.15) is 11.5 Å². The first-order chi connectivity index (χ1) is 9.36. The zero-order chi connectivity index (χ0) is 14.8. The van der Waals surface area contributed by atoms with Crippen LogP contribution in [0.5, 0.6) is 0 Å². The van der Waals surface area contributed by atoms with Gasteiger partial charge >= 0.3 is 6.18 Å². The van der Waals surface area contributed by atoms with Crippen LogP contribution in [0.4, 0.5) is 17.6 Å². The molecule has 0 bridgehead atoms. The summed E-state index contributed by atoms with van der Waals surface area (Å²) in [5, 5.41) is 6.76. The van der Waals surface area contributed by atoms with Crippen LogP contribution in [0, 0.1) is 5.82 Å². The van der Waals surface area contributed by atoms with Gasteiger partial charge in [-0.2, -0.15) is 18.3 Å². The molecule has 0 atom stereocenters. The number of aryl methyl sites for hydroxylation is 1. The number of nitrogens with one attached hydrogen (secondary N) is 1. The van der Waals surface area contributed by atoms with Gasteiger partial charge in [0.25, 0.3) is 0 Å². The van der Waals surface area contributed by atoms with Crippen LogP contribution in [0.25, 0.3) is 0 Å². The van der Waals surface area contributed by atoms with E-state index in [2.05, 4.69) is 10.4 Å². The standard InChI is InChI=1S/C13H13F4N3/c1-20-12(13(15,16)17)6-11(19-20)8-18-7-9-2-4-10(14)5-3-9/h2-6,18H,7-8H2,1H3. The molecule has 108 valence electrons. The van der Waals surface area contributed by atoms with Crippen LogP contribution in [-0.4, -0.2) is 9.78 Å². The number of aromatic nitrogens is 2. The van der Waals surface area contributed by atoms with E-state index in [0.717, 1.165) is 16.3 Å². The van der Waals surface area contributed by atoms with Crippen molar-refractivity contribution in [2.45, 2.75) is 19.3 Å². The summed E-state index contributed by atoms with van der Waals surface area (Å²) in [6.07, 6.45) is -4.41. The maximum atomic E-state index is 12.7. The second kappa shape index (κ2) is 5.62. The summed E-state index contributed by atoms with van der Waals surface area (Å²) in [5.74, 6) is -0.326. The van der Waals surface area contributed by atoms with Crippen molar-refractivity contribution in [1.29, 1.82) is 0 Å². The molecule has 0 saturated heterocycles. The molecule has 0 radical (unpaired) electrons. The zero-order valence-electron chi connectivity index (χ0n) is 10.7. The van der Waals surface area contributed by atoms with Crippen LogP contribution in [0.15, 0.2) is 30.3 Å². The summed E-state index contributed by atoms with van der Waals surface area (Å²) >= 11 is 0. The van der Waals surface area contributed by atoms with Gasteiger partial charge in [0.2, 0.25) is 0 Å². The summed E-state index contributed by atoms with van der Waals surface area (Å²) in [7, 11) is 1.26. The second-order valence-corrected chi connectivity index (χ2v) is 4.37. The third-order valence-corrected chi connectivity index (χ3v) is 2.77. The van der Waals surface area contributed by atoms with E-state index in [1.165, 1.54) is 19.2 Å². The third-order valence-electron chi connectivity index (χ3n) is 2.77. The molecule has 0 saturated carbocycles. The number of benzene rings is 1. The molecule has 7 heteroatoms. The molecule has 1 aromatic carbocycles. The predicted octanol–water partition coefficient (Wildman–Crippen LogP) is 2.87. The molecule has 0 spiro atoms. The minimum atomic E-state index is -4.41. The summed E-state index contributed by atoms with van der Waals surface area (Å²) in [5.41, 5.74) is 0.372. The van der Waals surface area contributed by atoms with E-state index >= 15 is 0 Å². The number of rotatable bonds is 4. The highest BCUT2D eigenvalue weighted by molar-refractivity contribution is 5.16. The Labute approximate surface area is 113 Å². The van der Waals surface area contributed by atoms with Gasteiger partial charge in [0, 0.05) is 20.1 Å². The van der Waals surface area contributed by atoms with Crippen molar-refractivity contribution < 1.29 is 17.6 Å². The van der Waals surface area contributed by atoms with Crippen molar-refractivity contribution in [3.63, 3.8) is 0 Å². The fourth-order valence-electron chi connectivity index (χ4n) is 1.82. The highest BCUT2D eigenvalue weighted by Crippen LogP contribution is 2.29. The third kappa shape index (κ3) is 3.57. The van der Waals surface area contributed by atoms with E-state index in [4.69, 9.17) is 0 Å². The van der Waals surface area contributed by atoms with Crippen LogP contribution in [0.3, 0.4) is 0 Å². The van der Waals surface area contributed by atoms with Crippen LogP contribution in [0.1, 0.15) is 17.0 Å². The van der Waals surface area contributed by atoms with Crippen molar-refractivity contribution in [2.24, 2.45) is 7.05 Å². The van der Waals surface area contributed by atoms with Crippen LogP contribution >= 0.6 is 0 Å². The van der Waals surface area contributed by atoms with Crippen LogP contribution in [-0.2, 0) is 26.3 Å². The molecule has 1 N–H and O–H groups in total. The molecular weight excluding hydrogens is 274 g/mol. The molecule has 0 unspecified atom stereocenters. The number of nitrogens with zero attached hydrogens (tertiary/aromatic N) is 2. The van der Waals surface area contributed by atoms with Crippen LogP contribution < -0.4 is 5.32 Å². The first-order valence-electron chi connectivity index (χ1n) is 5.91. The zero-order valence-corrected chi connectivity index (χ0v) is 10.7. The van der Waals surface area contributed by atoms with E-state index in [0.29, 0.717) is 12.2 Å². The lowest BCUT2D eigenvalue weighted by atomic mass is 10.2. The van der Waals surface area contributed by atoms with Crippen molar-refractivity contribution in [3.8, 4) is 0 Å². The molecule has 2 rings (SSSR count). The Morgan fingerprint density at radius 3 is 2.35 bits per heavy atom. The summed E-state index contributed by atoms with van der Waals surface area (Å²) in [4.78, 5) is 0. The number of halogens is 4. The van der Waals surface area contributed by atoms with Gasteiger partial charge < -0.3 is 5.32 Å². The lowest BCUT2D eigenvalue weighted by molar-refractivity contribution is -0.143. The summed E-state index contributed by atoms with van der Waals surface area (Å²) in [6.45, 7) is 0.638. The molecule has 3 nitrogen and oxygen atoms in total. The molecule has 2 aromatic rings. The van der Waals surface area contributed by atoms with E-state index in [9.17, 15) is 17.6 Å². The quantitative estimate of drug-likeness (QED) is 0.876. The molecule has 1 aromatic heterocycles. The Hall–Kier alpha value is -1.89. The minimum absolute atomic E-state index is 0.210. The van der Waals surface area contributed by atoms with E-state index < -0.39 is 11.9 Å². The molecule has 0 aliphatic carbocycles. The average Bonchev–Trinajstić information content (AvgIpc) is 2.73. The molecule has 0 amide bonds. The fourth-order valence-corrected chi connectivity index (χ4v) is 1.82. The van der Waals surface area contributed by atoms with E-state index in [1.54, 1.807) is 12.1 Å². The predicted molar refractivity (Wildman–Crippen MR) is 65.2 cm³/mol. The van der Waals surface area contributed by atoms with Gasteiger partial charge in [-0.15, -0.1) is 0 Å². The van der Waals surface area contributed by atoms with Gasteiger partial charge in [0.15, 0.2) is 0 Å². The molecule has 1 heterocycles. The SMILES string of the molecule is Cn1nc(CNCc2ccc(F)cc2)cc1C(F)(F)F. The largest absolute Gasteiger partial charge is 0.433 e. The lowest BCUT2D eigenvalue weighted by Crippen LogP contribution is -2.13. The van der Waals surface area contributed by atoms with E-state index in [1.807, 2.05) is 0 Å². The fraction of sp³-hybridized carbons (Fsp3) is 0.308. The summed E-state index contributed by atoms with van der Waals surface area (Å²) in [6, 6.07) is 6.90. The first-order valence-corrected chi connectivity index (χ1v) is 5.91. The highest BCUT2D eigenvalue weighted by Gasteiger charge is 2.34. The van der Waals surface area contributed by atoms with Crippen molar-refractivity contribution in [2.75, 3.05) is 0 Å². The minimum Gasteiger partial charge on any atom is -0.307 e. The Bertz CT molecular complexity index is 572. The Balaban J connectivity index is 1.93. The molecule has 20 heavy (non-hydrogen) atoms. The van der Waals surface area contributed by atoms with Crippen molar-refractivity contribution >= 4 is 0 Å². The Morgan fingerprint density at radius 2 is 1.80 bits per heavy atom. The Morgan fingerprint density at radius 1 is 1.15 bits per heavy atom. The van der Waals surface area contributed by atoms with Gasteiger partial charge in [-0.1, -0.05) is 12.1 Å². The van der Waals surface area contributed by atoms with Gasteiger partial charge in [-0.05, 0) is 23.8 Å². The molecule has 0 aliphatic rings. The highest BCUT2D eigenvalue weighted by atomic mass is 19.4. The van der Waals surface area contributed by atoms with Crippen molar-refractivity contribution in [1.82, 2.24) is 15.1 Å². The monoisotopic (exact) mass is 287 g/mol. The molecule has 0 fully saturated rings. The second-order valence-electron chi connectivity index (χ2n) is 4.37. The maximum Gasteiger partial charge on any atom is 0.433 e. The normalized spacial score (nSPS) is 11.8. The smallest absolute Gasteiger partial charge is 0.307 e. The van der Waals surface area contributed by atoms with E-state index in [-0.39, 0.29) is 12.4 Å². The number of alkyl halides is 3. The lowest BCUT2D eigenvalue weighted by Gasteiger charge is -2.04. The van der Waals surface area contributed by atoms with Gasteiger partial charge in [-0.25, -0.2) is 4.39 Å². The van der Waals surface area contributed by atoms with Crippen LogP contribution in [0.2, 0.25) is 0 Å². The topological polar surface area (TPSA) is 29.9 Å². The Kier molecular flexibility index (Phi) is 4.08. The number of hydrogen-bond acceptors (Lipinski definition) is 2. The molecule has 0 aliphatic heterocycles. The average molecular weight is 287 g/mol. The first kappa shape index (κ1) is 14.5. The molecular formula is C13H13F4N3. The van der Waals surface area contributed by atoms with Gasteiger partial charge in [0.05, 0.1) is 5.69 Å². The maximum absolute atomic E-state index is 12.7. The number of hydrogen-bond donors (Lipinski definition) is 1. The summed E-state index contributed by atoms with van der Waals surface area (Å²) < 4.78 is 51.2. The van der Waals surface area contributed by atoms with Gasteiger partial charge in [-0.3, -0.25) is 4.68 Å². The van der Waals surface area contributed by atoms with Crippen molar-refractivity contribution in [3.05, 3.63) is 53.1 Å².